The number of anilines is 1. The lowest BCUT2D eigenvalue weighted by Crippen LogP contribution is -2.15. The van der Waals surface area contributed by atoms with Gasteiger partial charge in [-0.05, 0) is 24.6 Å². The summed E-state index contributed by atoms with van der Waals surface area (Å²) in [7, 11) is 0. The first-order valence-corrected chi connectivity index (χ1v) is 4.57. The number of ether oxygens (including phenoxy) is 1. The summed E-state index contributed by atoms with van der Waals surface area (Å²) in [5, 5.41) is 2.64. The number of carbonyl (C=O) groups excluding carboxylic acids is 1. The fourth-order valence-electron chi connectivity index (χ4n) is 1.14. The van der Waals surface area contributed by atoms with Crippen LogP contribution < -0.4 is 5.32 Å². The molecule has 0 spiro atoms. The monoisotopic (exact) mass is 189 g/mol. The minimum Gasteiger partial charge on any atom is -0.415 e. The molecule has 1 aliphatic rings. The van der Waals surface area contributed by atoms with Crippen LogP contribution in [0, 0.1) is 0 Å². The molecule has 1 aliphatic carbocycles. The van der Waals surface area contributed by atoms with Crippen molar-refractivity contribution in [3.8, 4) is 0 Å². The predicted octanol–water partition coefficient (Wildman–Crippen LogP) is 2.91. The second kappa shape index (κ2) is 3.96. The molecule has 72 valence electrons. The van der Waals surface area contributed by atoms with Gasteiger partial charge < -0.3 is 4.74 Å². The predicted molar refractivity (Wildman–Crippen MR) is 53.9 cm³/mol. The fourth-order valence-corrected chi connectivity index (χ4v) is 1.14. The van der Waals surface area contributed by atoms with Gasteiger partial charge in [0.25, 0.3) is 0 Å². The van der Waals surface area contributed by atoms with E-state index >= 15 is 0 Å². The van der Waals surface area contributed by atoms with Gasteiger partial charge in [0, 0.05) is 12.1 Å². The van der Waals surface area contributed by atoms with Crippen molar-refractivity contribution in [1.82, 2.24) is 0 Å². The van der Waals surface area contributed by atoms with Gasteiger partial charge in [-0.2, -0.15) is 0 Å². The highest BCUT2D eigenvalue weighted by atomic mass is 16.6. The van der Waals surface area contributed by atoms with Gasteiger partial charge in [0.2, 0.25) is 0 Å². The van der Waals surface area contributed by atoms with Crippen LogP contribution in [0.25, 0.3) is 0 Å². The molecule has 0 heterocycles. The van der Waals surface area contributed by atoms with Crippen molar-refractivity contribution in [3.05, 3.63) is 42.2 Å². The summed E-state index contributed by atoms with van der Waals surface area (Å²) in [5.41, 5.74) is 0.748. The van der Waals surface area contributed by atoms with E-state index in [1.165, 1.54) is 0 Å². The quantitative estimate of drug-likeness (QED) is 0.776. The highest BCUT2D eigenvalue weighted by Crippen LogP contribution is 2.19. The first-order chi connectivity index (χ1) is 6.84. The maximum atomic E-state index is 11.2. The molecule has 0 atom stereocenters. The van der Waals surface area contributed by atoms with E-state index in [-0.39, 0.29) is 0 Å². The maximum Gasteiger partial charge on any atom is 0.416 e. The average Bonchev–Trinajstić information content (AvgIpc) is 2.13. The second-order valence-corrected chi connectivity index (χ2v) is 3.09. The van der Waals surface area contributed by atoms with Crippen molar-refractivity contribution in [1.29, 1.82) is 0 Å². The van der Waals surface area contributed by atoms with E-state index in [2.05, 4.69) is 5.32 Å². The molecule has 1 aromatic carbocycles. The summed E-state index contributed by atoms with van der Waals surface area (Å²) in [6, 6.07) is 9.24. The Balaban J connectivity index is 1.88. The Bertz CT molecular complexity index is 357. The minimum absolute atomic E-state index is 0.415. The van der Waals surface area contributed by atoms with Crippen LogP contribution in [-0.2, 0) is 4.74 Å². The van der Waals surface area contributed by atoms with Crippen molar-refractivity contribution in [2.75, 3.05) is 5.32 Å². The number of hydrogen-bond acceptors (Lipinski definition) is 2. The third-order valence-electron chi connectivity index (χ3n) is 2.01. The Labute approximate surface area is 82.4 Å². The molecule has 0 unspecified atom stereocenters. The lowest BCUT2D eigenvalue weighted by atomic mass is 10.1. The molecule has 1 amide bonds. The maximum absolute atomic E-state index is 11.2. The Morgan fingerprint density at radius 3 is 2.57 bits per heavy atom. The van der Waals surface area contributed by atoms with Crippen molar-refractivity contribution in [2.45, 2.75) is 12.8 Å². The van der Waals surface area contributed by atoms with E-state index in [4.69, 9.17) is 4.74 Å². The van der Waals surface area contributed by atoms with Crippen LogP contribution in [-0.4, -0.2) is 6.09 Å². The van der Waals surface area contributed by atoms with E-state index in [1.807, 2.05) is 36.4 Å². The van der Waals surface area contributed by atoms with Crippen molar-refractivity contribution < 1.29 is 9.53 Å². The summed E-state index contributed by atoms with van der Waals surface area (Å²) in [5.74, 6) is 0.762. The number of amides is 1. The van der Waals surface area contributed by atoms with Crippen molar-refractivity contribution in [2.24, 2.45) is 0 Å². The largest absolute Gasteiger partial charge is 0.416 e. The molecule has 3 nitrogen and oxygen atoms in total. The number of benzene rings is 1. The number of rotatable bonds is 2. The summed E-state index contributed by atoms with van der Waals surface area (Å²) in [6.45, 7) is 0. The molecule has 0 radical (unpaired) electrons. The van der Waals surface area contributed by atoms with Crippen molar-refractivity contribution >= 4 is 11.8 Å². The van der Waals surface area contributed by atoms with Gasteiger partial charge in [0.15, 0.2) is 0 Å². The molecule has 0 aromatic heterocycles. The molecule has 0 saturated carbocycles. The summed E-state index contributed by atoms with van der Waals surface area (Å²) in [6.07, 6.45) is 3.36. The number of carbonyl (C=O) groups is 1. The molecular weight excluding hydrogens is 178 g/mol. The van der Waals surface area contributed by atoms with Crippen LogP contribution in [0.2, 0.25) is 0 Å². The summed E-state index contributed by atoms with van der Waals surface area (Å²) < 4.78 is 5.00. The van der Waals surface area contributed by atoms with Crippen LogP contribution >= 0.6 is 0 Å². The highest BCUT2D eigenvalue weighted by Gasteiger charge is 2.11. The zero-order chi connectivity index (χ0) is 9.80. The summed E-state index contributed by atoms with van der Waals surface area (Å²) >= 11 is 0. The Morgan fingerprint density at radius 1 is 1.29 bits per heavy atom. The van der Waals surface area contributed by atoms with Crippen molar-refractivity contribution in [3.63, 3.8) is 0 Å². The molecule has 0 saturated heterocycles. The normalized spacial score (nSPS) is 13.9. The van der Waals surface area contributed by atoms with E-state index in [0.717, 1.165) is 24.3 Å². The number of nitrogens with one attached hydrogen (secondary N) is 1. The number of hydrogen-bond donors (Lipinski definition) is 1. The molecule has 0 bridgehead atoms. The van der Waals surface area contributed by atoms with Crippen LogP contribution in [0.4, 0.5) is 10.5 Å². The lowest BCUT2D eigenvalue weighted by Gasteiger charge is -2.14. The van der Waals surface area contributed by atoms with Crippen LogP contribution in [0.1, 0.15) is 12.8 Å². The van der Waals surface area contributed by atoms with E-state index in [0.29, 0.717) is 0 Å². The highest BCUT2D eigenvalue weighted by molar-refractivity contribution is 5.85. The van der Waals surface area contributed by atoms with Gasteiger partial charge in [0.1, 0.15) is 5.76 Å². The fraction of sp³-hybridized carbons (Fsp3) is 0.182. The van der Waals surface area contributed by atoms with Gasteiger partial charge in [-0.25, -0.2) is 4.79 Å². The second-order valence-electron chi connectivity index (χ2n) is 3.09. The van der Waals surface area contributed by atoms with E-state index in [9.17, 15) is 4.79 Å². The van der Waals surface area contributed by atoms with Gasteiger partial charge >= 0.3 is 6.09 Å². The number of para-hydroxylation sites is 1. The van der Waals surface area contributed by atoms with Gasteiger partial charge in [-0.3, -0.25) is 5.32 Å². The molecule has 1 N–H and O–H groups in total. The minimum atomic E-state index is -0.415. The van der Waals surface area contributed by atoms with E-state index < -0.39 is 6.09 Å². The smallest absolute Gasteiger partial charge is 0.415 e. The molecule has 3 heteroatoms. The van der Waals surface area contributed by atoms with E-state index in [1.54, 1.807) is 0 Å². The average molecular weight is 189 g/mol. The van der Waals surface area contributed by atoms with Gasteiger partial charge in [-0.1, -0.05) is 18.2 Å². The Hall–Kier alpha value is -1.77. The molecule has 1 aromatic rings. The third kappa shape index (κ3) is 2.13. The standard InChI is InChI=1S/C11H11NO2/c13-11(14-10-7-4-8-10)12-9-5-2-1-3-6-9/h1-3,5-7H,4,8H2,(H,12,13). The third-order valence-corrected chi connectivity index (χ3v) is 2.01. The Kier molecular flexibility index (Phi) is 2.49. The zero-order valence-corrected chi connectivity index (χ0v) is 7.69. The molecule has 14 heavy (non-hydrogen) atoms. The molecule has 0 aliphatic heterocycles. The Morgan fingerprint density at radius 2 is 2.00 bits per heavy atom. The SMILES string of the molecule is O=C(Nc1ccccc1)OC1=CCC1. The molecule has 0 fully saturated rings. The lowest BCUT2D eigenvalue weighted by molar-refractivity contribution is 0.184. The van der Waals surface area contributed by atoms with Gasteiger partial charge in [-0.15, -0.1) is 0 Å². The molecule has 2 rings (SSSR count). The topological polar surface area (TPSA) is 38.3 Å². The zero-order valence-electron chi connectivity index (χ0n) is 7.69. The van der Waals surface area contributed by atoms with Crippen LogP contribution in [0.15, 0.2) is 42.2 Å². The van der Waals surface area contributed by atoms with Crippen LogP contribution in [0.3, 0.4) is 0 Å². The van der Waals surface area contributed by atoms with Crippen LogP contribution in [0.5, 0.6) is 0 Å². The summed E-state index contributed by atoms with van der Waals surface area (Å²) in [4.78, 5) is 11.2. The molecular formula is C11H11NO2. The first kappa shape index (κ1) is 8.81. The van der Waals surface area contributed by atoms with Gasteiger partial charge in [0.05, 0.1) is 0 Å². The number of allylic oxidation sites excluding steroid dienone is 2. The first-order valence-electron chi connectivity index (χ1n) is 4.57.